The standard InChI is InChI=1S/C12H21N3OS/c1-9(2)8-17-6-4-5-13-12(16)11-7-14-15-10(11)3/h7,9H,4-6,8H2,1-3H3,(H,13,16)(H,14,15). The van der Waals surface area contributed by atoms with E-state index in [0.29, 0.717) is 5.56 Å². The molecule has 2 N–H and O–H groups in total. The van der Waals surface area contributed by atoms with Gasteiger partial charge in [-0.2, -0.15) is 16.9 Å². The minimum Gasteiger partial charge on any atom is -0.352 e. The Hall–Kier alpha value is -0.970. The van der Waals surface area contributed by atoms with Gasteiger partial charge in [-0.25, -0.2) is 0 Å². The van der Waals surface area contributed by atoms with Gasteiger partial charge in [0.05, 0.1) is 11.8 Å². The predicted molar refractivity (Wildman–Crippen MR) is 72.4 cm³/mol. The summed E-state index contributed by atoms with van der Waals surface area (Å²) in [4.78, 5) is 11.7. The van der Waals surface area contributed by atoms with Crippen molar-refractivity contribution in [3.63, 3.8) is 0 Å². The minimum atomic E-state index is -0.0369. The molecule has 0 saturated heterocycles. The van der Waals surface area contributed by atoms with Crippen molar-refractivity contribution in [2.45, 2.75) is 27.2 Å². The van der Waals surface area contributed by atoms with Gasteiger partial charge in [-0.3, -0.25) is 9.89 Å². The van der Waals surface area contributed by atoms with Crippen LogP contribution in [0.3, 0.4) is 0 Å². The summed E-state index contributed by atoms with van der Waals surface area (Å²) in [6.07, 6.45) is 2.58. The van der Waals surface area contributed by atoms with Crippen molar-refractivity contribution in [3.8, 4) is 0 Å². The summed E-state index contributed by atoms with van der Waals surface area (Å²) in [6.45, 7) is 7.02. The molecule has 0 aliphatic rings. The second-order valence-corrected chi connectivity index (χ2v) is 5.64. The Morgan fingerprint density at radius 3 is 2.94 bits per heavy atom. The maximum absolute atomic E-state index is 11.7. The van der Waals surface area contributed by atoms with E-state index in [9.17, 15) is 4.79 Å². The monoisotopic (exact) mass is 255 g/mol. The molecule has 0 saturated carbocycles. The Morgan fingerprint density at radius 2 is 2.35 bits per heavy atom. The van der Waals surface area contributed by atoms with Crippen LogP contribution in [-0.4, -0.2) is 34.2 Å². The summed E-state index contributed by atoms with van der Waals surface area (Å²) in [7, 11) is 0. The zero-order valence-corrected chi connectivity index (χ0v) is 11.6. The van der Waals surface area contributed by atoms with Crippen LogP contribution in [0.25, 0.3) is 0 Å². The number of nitrogens with zero attached hydrogens (tertiary/aromatic N) is 1. The van der Waals surface area contributed by atoms with Crippen LogP contribution in [0.2, 0.25) is 0 Å². The molecule has 0 aliphatic carbocycles. The molecule has 1 aromatic heterocycles. The Kier molecular flexibility index (Phi) is 6.11. The summed E-state index contributed by atoms with van der Waals surface area (Å²) in [5, 5.41) is 9.49. The zero-order chi connectivity index (χ0) is 12.7. The number of aryl methyl sites for hydroxylation is 1. The number of nitrogens with one attached hydrogen (secondary N) is 2. The second-order valence-electron chi connectivity index (χ2n) is 4.49. The van der Waals surface area contributed by atoms with Crippen LogP contribution in [-0.2, 0) is 0 Å². The minimum absolute atomic E-state index is 0.0369. The first-order valence-corrected chi connectivity index (χ1v) is 7.12. The number of carbonyl (C=O) groups is 1. The zero-order valence-electron chi connectivity index (χ0n) is 10.7. The van der Waals surface area contributed by atoms with Crippen molar-refractivity contribution in [2.75, 3.05) is 18.1 Å². The van der Waals surface area contributed by atoms with Crippen molar-refractivity contribution in [1.29, 1.82) is 0 Å². The van der Waals surface area contributed by atoms with Crippen LogP contribution in [0.1, 0.15) is 36.3 Å². The van der Waals surface area contributed by atoms with Crippen LogP contribution in [0.5, 0.6) is 0 Å². The van der Waals surface area contributed by atoms with Gasteiger partial charge >= 0.3 is 0 Å². The van der Waals surface area contributed by atoms with Gasteiger partial charge in [0.15, 0.2) is 0 Å². The largest absolute Gasteiger partial charge is 0.352 e. The van der Waals surface area contributed by atoms with Crippen LogP contribution < -0.4 is 5.32 Å². The molecular weight excluding hydrogens is 234 g/mol. The third kappa shape index (κ3) is 5.26. The molecule has 0 fully saturated rings. The average molecular weight is 255 g/mol. The first kappa shape index (κ1) is 14.1. The fourth-order valence-corrected chi connectivity index (χ4v) is 2.36. The molecule has 5 heteroatoms. The van der Waals surface area contributed by atoms with Gasteiger partial charge < -0.3 is 5.32 Å². The lowest BCUT2D eigenvalue weighted by Gasteiger charge is -2.05. The molecule has 0 bridgehead atoms. The van der Waals surface area contributed by atoms with Gasteiger partial charge in [-0.1, -0.05) is 13.8 Å². The summed E-state index contributed by atoms with van der Waals surface area (Å²) in [5.74, 6) is 2.99. The molecular formula is C12H21N3OS. The van der Waals surface area contributed by atoms with E-state index in [1.807, 2.05) is 18.7 Å². The lowest BCUT2D eigenvalue weighted by Crippen LogP contribution is -2.25. The first-order valence-electron chi connectivity index (χ1n) is 5.97. The Labute approximate surface area is 107 Å². The quantitative estimate of drug-likeness (QED) is 0.735. The van der Waals surface area contributed by atoms with E-state index in [1.165, 1.54) is 5.75 Å². The predicted octanol–water partition coefficient (Wildman–Crippen LogP) is 2.23. The number of aromatic amines is 1. The molecule has 0 aliphatic heterocycles. The molecule has 4 nitrogen and oxygen atoms in total. The number of hydrogen-bond donors (Lipinski definition) is 2. The highest BCUT2D eigenvalue weighted by atomic mass is 32.2. The van der Waals surface area contributed by atoms with Crippen LogP contribution in [0, 0.1) is 12.8 Å². The molecule has 0 radical (unpaired) electrons. The van der Waals surface area contributed by atoms with Crippen molar-refractivity contribution in [2.24, 2.45) is 5.92 Å². The molecule has 0 spiro atoms. The van der Waals surface area contributed by atoms with Gasteiger partial charge in [-0.05, 0) is 30.8 Å². The first-order chi connectivity index (χ1) is 8.11. The van der Waals surface area contributed by atoms with E-state index >= 15 is 0 Å². The molecule has 1 aromatic rings. The Balaban J connectivity index is 2.11. The van der Waals surface area contributed by atoms with Gasteiger partial charge in [0.2, 0.25) is 0 Å². The molecule has 1 rings (SSSR count). The van der Waals surface area contributed by atoms with Crippen LogP contribution >= 0.6 is 11.8 Å². The molecule has 17 heavy (non-hydrogen) atoms. The fraction of sp³-hybridized carbons (Fsp3) is 0.667. The van der Waals surface area contributed by atoms with E-state index < -0.39 is 0 Å². The average Bonchev–Trinajstić information content (AvgIpc) is 2.69. The van der Waals surface area contributed by atoms with E-state index in [-0.39, 0.29) is 5.91 Å². The van der Waals surface area contributed by atoms with E-state index in [0.717, 1.165) is 30.3 Å². The van der Waals surface area contributed by atoms with E-state index in [4.69, 9.17) is 0 Å². The smallest absolute Gasteiger partial charge is 0.254 e. The second kappa shape index (κ2) is 7.37. The normalized spacial score (nSPS) is 10.8. The highest BCUT2D eigenvalue weighted by Gasteiger charge is 2.09. The van der Waals surface area contributed by atoms with Gasteiger partial charge in [-0.15, -0.1) is 0 Å². The number of aromatic nitrogens is 2. The van der Waals surface area contributed by atoms with Crippen LogP contribution in [0.15, 0.2) is 6.20 Å². The van der Waals surface area contributed by atoms with Gasteiger partial charge in [0.25, 0.3) is 5.91 Å². The third-order valence-electron chi connectivity index (χ3n) is 2.28. The van der Waals surface area contributed by atoms with Crippen molar-refractivity contribution >= 4 is 17.7 Å². The lowest BCUT2D eigenvalue weighted by molar-refractivity contribution is 0.0953. The summed E-state index contributed by atoms with van der Waals surface area (Å²) < 4.78 is 0. The highest BCUT2D eigenvalue weighted by Crippen LogP contribution is 2.08. The molecule has 96 valence electrons. The van der Waals surface area contributed by atoms with Crippen molar-refractivity contribution < 1.29 is 4.79 Å². The summed E-state index contributed by atoms with van der Waals surface area (Å²) >= 11 is 1.94. The van der Waals surface area contributed by atoms with Crippen molar-refractivity contribution in [3.05, 3.63) is 17.5 Å². The SMILES string of the molecule is Cc1[nH]ncc1C(=O)NCCCSCC(C)C. The molecule has 0 aromatic carbocycles. The summed E-state index contributed by atoms with van der Waals surface area (Å²) in [5.41, 5.74) is 1.46. The molecule has 1 amide bonds. The Bertz CT molecular complexity index is 349. The molecule has 1 heterocycles. The number of thioether (sulfide) groups is 1. The maximum atomic E-state index is 11.7. The lowest BCUT2D eigenvalue weighted by atomic mass is 10.2. The fourth-order valence-electron chi connectivity index (χ4n) is 1.37. The van der Waals surface area contributed by atoms with E-state index in [1.54, 1.807) is 6.20 Å². The third-order valence-corrected chi connectivity index (χ3v) is 3.76. The highest BCUT2D eigenvalue weighted by molar-refractivity contribution is 7.99. The topological polar surface area (TPSA) is 57.8 Å². The number of carbonyl (C=O) groups excluding carboxylic acids is 1. The molecule has 0 unspecified atom stereocenters. The van der Waals surface area contributed by atoms with Gasteiger partial charge in [0.1, 0.15) is 0 Å². The van der Waals surface area contributed by atoms with E-state index in [2.05, 4.69) is 29.4 Å². The number of H-pyrrole nitrogens is 1. The van der Waals surface area contributed by atoms with Crippen LogP contribution in [0.4, 0.5) is 0 Å². The maximum Gasteiger partial charge on any atom is 0.254 e. The van der Waals surface area contributed by atoms with Crippen molar-refractivity contribution in [1.82, 2.24) is 15.5 Å². The summed E-state index contributed by atoms with van der Waals surface area (Å²) in [6, 6.07) is 0. The number of rotatable bonds is 7. The van der Waals surface area contributed by atoms with Gasteiger partial charge in [0, 0.05) is 12.2 Å². The molecule has 0 atom stereocenters. The Morgan fingerprint density at radius 1 is 1.59 bits per heavy atom. The number of amides is 1. The number of hydrogen-bond acceptors (Lipinski definition) is 3.